The third-order valence-electron chi connectivity index (χ3n) is 4.04. The van der Waals surface area contributed by atoms with E-state index in [1.54, 1.807) is 25.1 Å². The van der Waals surface area contributed by atoms with Crippen LogP contribution >= 0.6 is 11.8 Å². The number of nitrogens with zero attached hydrogens (tertiary/aromatic N) is 2. The van der Waals surface area contributed by atoms with Gasteiger partial charge in [-0.05, 0) is 48.8 Å². The summed E-state index contributed by atoms with van der Waals surface area (Å²) in [5.41, 5.74) is 1.53. The van der Waals surface area contributed by atoms with E-state index in [0.717, 1.165) is 28.8 Å². The van der Waals surface area contributed by atoms with E-state index >= 15 is 0 Å². The van der Waals surface area contributed by atoms with Crippen molar-refractivity contribution < 1.29 is 9.53 Å². The summed E-state index contributed by atoms with van der Waals surface area (Å²) < 4.78 is 7.16. The standard InChI is InChI=1S/C19H21N3O2S/c1-24-16-6-5-14-11-15(13-20-17(14)12-16)21-19(23)18(7-10-25-2)22-8-3-4-9-22/h3-6,8-9,11-13,18H,7,10H2,1-2H3,(H,21,23)/t18-/m1/s1. The molecule has 0 aliphatic carbocycles. The summed E-state index contributed by atoms with van der Waals surface area (Å²) in [7, 11) is 1.63. The number of fused-ring (bicyclic) bond motifs is 1. The molecule has 0 aliphatic rings. The molecule has 1 N–H and O–H groups in total. The number of ether oxygens (including phenoxy) is 1. The van der Waals surface area contributed by atoms with Crippen molar-refractivity contribution in [1.29, 1.82) is 0 Å². The van der Waals surface area contributed by atoms with Crippen LogP contribution in [0.3, 0.4) is 0 Å². The third kappa shape index (κ3) is 4.14. The molecule has 0 fully saturated rings. The topological polar surface area (TPSA) is 56.1 Å². The molecule has 25 heavy (non-hydrogen) atoms. The van der Waals surface area contributed by atoms with Gasteiger partial charge in [0.2, 0.25) is 5.91 Å². The Morgan fingerprint density at radius 1 is 1.32 bits per heavy atom. The first-order valence-corrected chi connectivity index (χ1v) is 9.46. The van der Waals surface area contributed by atoms with Crippen molar-refractivity contribution in [1.82, 2.24) is 9.55 Å². The zero-order chi connectivity index (χ0) is 17.6. The first-order chi connectivity index (χ1) is 12.2. The molecule has 130 valence electrons. The average Bonchev–Trinajstić information content (AvgIpc) is 3.16. The predicted octanol–water partition coefficient (Wildman–Crippen LogP) is 3.98. The van der Waals surface area contributed by atoms with Crippen molar-refractivity contribution in [2.75, 3.05) is 24.4 Å². The van der Waals surface area contributed by atoms with E-state index in [1.165, 1.54) is 0 Å². The number of rotatable bonds is 7. The maximum absolute atomic E-state index is 12.8. The average molecular weight is 355 g/mol. The maximum atomic E-state index is 12.8. The van der Waals surface area contributed by atoms with Gasteiger partial charge in [0.05, 0.1) is 24.5 Å². The number of carbonyl (C=O) groups is 1. The van der Waals surface area contributed by atoms with Gasteiger partial charge in [0.1, 0.15) is 11.8 Å². The molecule has 0 bridgehead atoms. The highest BCUT2D eigenvalue weighted by molar-refractivity contribution is 7.98. The Kier molecular flexibility index (Phi) is 5.60. The number of nitrogens with one attached hydrogen (secondary N) is 1. The number of amides is 1. The second-order valence-corrected chi connectivity index (χ2v) is 6.69. The van der Waals surface area contributed by atoms with Crippen molar-refractivity contribution in [2.24, 2.45) is 0 Å². The van der Waals surface area contributed by atoms with Crippen LogP contribution < -0.4 is 10.1 Å². The van der Waals surface area contributed by atoms with Gasteiger partial charge in [0.25, 0.3) is 0 Å². The van der Waals surface area contributed by atoms with E-state index in [0.29, 0.717) is 5.69 Å². The van der Waals surface area contributed by atoms with Gasteiger partial charge in [-0.2, -0.15) is 11.8 Å². The van der Waals surface area contributed by atoms with E-state index in [1.807, 2.05) is 59.6 Å². The van der Waals surface area contributed by atoms with Crippen LogP contribution in [0.1, 0.15) is 12.5 Å². The largest absolute Gasteiger partial charge is 0.497 e. The quantitative estimate of drug-likeness (QED) is 0.696. The van der Waals surface area contributed by atoms with Crippen LogP contribution in [0.25, 0.3) is 10.9 Å². The number of carbonyl (C=O) groups excluding carboxylic acids is 1. The zero-order valence-corrected chi connectivity index (χ0v) is 15.1. The second-order valence-electron chi connectivity index (χ2n) is 5.70. The van der Waals surface area contributed by atoms with Crippen molar-refractivity contribution in [3.8, 4) is 5.75 Å². The van der Waals surface area contributed by atoms with Gasteiger partial charge < -0.3 is 14.6 Å². The molecule has 6 heteroatoms. The number of thioether (sulfide) groups is 1. The number of hydrogen-bond acceptors (Lipinski definition) is 4. The van der Waals surface area contributed by atoms with Crippen LogP contribution in [0.2, 0.25) is 0 Å². The number of hydrogen-bond donors (Lipinski definition) is 1. The molecule has 0 spiro atoms. The minimum atomic E-state index is -0.228. The molecular formula is C19H21N3O2S. The lowest BCUT2D eigenvalue weighted by molar-refractivity contribution is -0.119. The van der Waals surface area contributed by atoms with E-state index in [9.17, 15) is 4.79 Å². The molecule has 0 saturated carbocycles. The third-order valence-corrected chi connectivity index (χ3v) is 4.69. The zero-order valence-electron chi connectivity index (χ0n) is 14.3. The Labute approximate surface area is 151 Å². The number of anilines is 1. The van der Waals surface area contributed by atoms with E-state index in [-0.39, 0.29) is 11.9 Å². The predicted molar refractivity (Wildman–Crippen MR) is 103 cm³/mol. The highest BCUT2D eigenvalue weighted by Crippen LogP contribution is 2.23. The van der Waals surface area contributed by atoms with Gasteiger partial charge >= 0.3 is 0 Å². The van der Waals surface area contributed by atoms with Gasteiger partial charge in [0, 0.05) is 23.8 Å². The Balaban J connectivity index is 1.79. The van der Waals surface area contributed by atoms with Crippen LogP contribution in [0.4, 0.5) is 5.69 Å². The highest BCUT2D eigenvalue weighted by Gasteiger charge is 2.19. The van der Waals surface area contributed by atoms with Crippen LogP contribution in [0.5, 0.6) is 5.75 Å². The molecule has 1 amide bonds. The first kappa shape index (κ1) is 17.4. The molecule has 3 aromatic rings. The lowest BCUT2D eigenvalue weighted by Crippen LogP contribution is -2.26. The van der Waals surface area contributed by atoms with Crippen molar-refractivity contribution in [2.45, 2.75) is 12.5 Å². The smallest absolute Gasteiger partial charge is 0.247 e. The number of benzene rings is 1. The lowest BCUT2D eigenvalue weighted by Gasteiger charge is -2.18. The SMILES string of the molecule is COc1ccc2cc(NC(=O)[C@@H](CCSC)n3cccc3)cnc2c1. The fraction of sp³-hybridized carbons (Fsp3) is 0.263. The summed E-state index contributed by atoms with van der Waals surface area (Å²) in [5, 5.41) is 3.96. The van der Waals surface area contributed by atoms with Crippen molar-refractivity contribution in [3.05, 3.63) is 55.0 Å². The molecule has 0 aliphatic heterocycles. The normalized spacial score (nSPS) is 12.1. The van der Waals surface area contributed by atoms with Gasteiger partial charge in [-0.25, -0.2) is 0 Å². The summed E-state index contributed by atoms with van der Waals surface area (Å²) in [4.78, 5) is 17.2. The monoisotopic (exact) mass is 355 g/mol. The maximum Gasteiger partial charge on any atom is 0.247 e. The molecule has 2 aromatic heterocycles. The van der Waals surface area contributed by atoms with Crippen LogP contribution in [0.15, 0.2) is 55.0 Å². The van der Waals surface area contributed by atoms with Crippen LogP contribution in [0, 0.1) is 0 Å². The van der Waals surface area contributed by atoms with Gasteiger partial charge in [0.15, 0.2) is 0 Å². The minimum Gasteiger partial charge on any atom is -0.497 e. The number of methoxy groups -OCH3 is 1. The molecular weight excluding hydrogens is 334 g/mol. The Morgan fingerprint density at radius 2 is 2.12 bits per heavy atom. The highest BCUT2D eigenvalue weighted by atomic mass is 32.2. The van der Waals surface area contributed by atoms with E-state index in [2.05, 4.69) is 10.3 Å². The molecule has 3 rings (SSSR count). The molecule has 5 nitrogen and oxygen atoms in total. The summed E-state index contributed by atoms with van der Waals surface area (Å²) in [6.45, 7) is 0. The second kappa shape index (κ2) is 8.07. The molecule has 0 radical (unpaired) electrons. The summed E-state index contributed by atoms with van der Waals surface area (Å²) in [6, 6.07) is 11.3. The van der Waals surface area contributed by atoms with Gasteiger partial charge in [-0.15, -0.1) is 0 Å². The fourth-order valence-corrected chi connectivity index (χ4v) is 3.18. The summed E-state index contributed by atoms with van der Waals surface area (Å²) in [5.74, 6) is 1.66. The molecule has 0 unspecified atom stereocenters. The number of aromatic nitrogens is 2. The van der Waals surface area contributed by atoms with Gasteiger partial charge in [-0.3, -0.25) is 9.78 Å². The van der Waals surface area contributed by atoms with Gasteiger partial charge in [-0.1, -0.05) is 0 Å². The summed E-state index contributed by atoms with van der Waals surface area (Å²) >= 11 is 1.74. The fourth-order valence-electron chi connectivity index (χ4n) is 2.72. The number of pyridine rings is 1. The Hall–Kier alpha value is -2.47. The van der Waals surface area contributed by atoms with Crippen molar-refractivity contribution in [3.63, 3.8) is 0 Å². The molecule has 2 heterocycles. The van der Waals surface area contributed by atoms with E-state index in [4.69, 9.17) is 4.74 Å². The van der Waals surface area contributed by atoms with Crippen LogP contribution in [-0.4, -0.2) is 34.6 Å². The summed E-state index contributed by atoms with van der Waals surface area (Å²) in [6.07, 6.45) is 8.36. The Morgan fingerprint density at radius 3 is 2.84 bits per heavy atom. The minimum absolute atomic E-state index is 0.0279. The molecule has 0 saturated heterocycles. The first-order valence-electron chi connectivity index (χ1n) is 8.07. The Bertz CT molecular complexity index is 849. The lowest BCUT2D eigenvalue weighted by atomic mass is 10.1. The molecule has 1 atom stereocenters. The van der Waals surface area contributed by atoms with Crippen molar-refractivity contribution >= 4 is 34.3 Å². The van der Waals surface area contributed by atoms with E-state index < -0.39 is 0 Å². The van der Waals surface area contributed by atoms with Crippen LogP contribution in [-0.2, 0) is 4.79 Å². The molecule has 1 aromatic carbocycles.